The van der Waals surface area contributed by atoms with Gasteiger partial charge in [0.1, 0.15) is 0 Å². The maximum atomic E-state index is 2.16. The molecule has 33 valence electrons. The Morgan fingerprint density at radius 2 is 1.40 bits per heavy atom. The average Bonchev–Trinajstić information content (AvgIpc) is 0.918. The molecule has 2 nitrogen and oxygen atoms in total. The molecule has 0 aliphatic rings. The molecule has 4 N–H and O–H groups in total. The zero-order valence-corrected chi connectivity index (χ0v) is 6.06. The summed E-state index contributed by atoms with van der Waals surface area (Å²) >= 11 is 1.64. The molecule has 3 heteroatoms. The van der Waals surface area contributed by atoms with Crippen molar-refractivity contribution in [2.75, 3.05) is 0 Å². The first-order valence-electron chi connectivity index (χ1n) is 1.06. The maximum Gasteiger partial charge on any atom is -0.412 e. The van der Waals surface area contributed by atoms with E-state index in [2.05, 4.69) is 6.92 Å². The molecule has 0 aromatic rings. The van der Waals surface area contributed by atoms with Crippen LogP contribution in [-0.4, -0.2) is 33.5 Å². The molecule has 0 spiro atoms. The first-order valence-corrected chi connectivity index (χ1v) is 3.08. The molecule has 0 aliphatic carbocycles. The van der Waals surface area contributed by atoms with E-state index in [1.807, 2.05) is 0 Å². The molecule has 0 fully saturated rings. The molecule has 0 atom stereocenters. The van der Waals surface area contributed by atoms with Crippen LogP contribution in [0.4, 0.5) is 0 Å². The van der Waals surface area contributed by atoms with Crippen LogP contribution in [-0.2, 0) is 0 Å². The van der Waals surface area contributed by atoms with Crippen molar-refractivity contribution in [3.63, 3.8) is 0 Å². The molecule has 3 radical (unpaired) electrons. The van der Waals surface area contributed by atoms with Gasteiger partial charge in [-0.15, -0.1) is 0 Å². The molecule has 0 aromatic carbocycles. The van der Waals surface area contributed by atoms with Crippen molar-refractivity contribution in [1.29, 1.82) is 0 Å². The SMILES string of the molecule is C[CH2][Sn].O.O. The molecule has 0 heterocycles. The van der Waals surface area contributed by atoms with Crippen LogP contribution >= 0.6 is 0 Å². The summed E-state index contributed by atoms with van der Waals surface area (Å²) in [6.45, 7) is 2.16. The molecule has 0 bridgehead atoms. The summed E-state index contributed by atoms with van der Waals surface area (Å²) in [7, 11) is 0. The Balaban J connectivity index is -0.0000000200. The van der Waals surface area contributed by atoms with Crippen LogP contribution in [0.5, 0.6) is 0 Å². The van der Waals surface area contributed by atoms with Gasteiger partial charge in [-0.25, -0.2) is 0 Å². The second-order valence-corrected chi connectivity index (χ2v) is 2.37. The fourth-order valence-corrected chi connectivity index (χ4v) is 0. The summed E-state index contributed by atoms with van der Waals surface area (Å²) < 4.78 is 1.34. The van der Waals surface area contributed by atoms with Crippen molar-refractivity contribution in [3.8, 4) is 0 Å². The van der Waals surface area contributed by atoms with Crippen LogP contribution in [0.3, 0.4) is 0 Å². The first kappa shape index (κ1) is 17.2. The second kappa shape index (κ2) is 22.1. The minimum Gasteiger partial charge on any atom is -0.412 e. The number of hydrogen-bond acceptors (Lipinski definition) is 0. The summed E-state index contributed by atoms with van der Waals surface area (Å²) in [6.07, 6.45) is 0. The first-order chi connectivity index (χ1) is 1.41. The normalized spacial score (nSPS) is 3.60. The van der Waals surface area contributed by atoms with Crippen LogP contribution in [0.25, 0.3) is 0 Å². The van der Waals surface area contributed by atoms with Gasteiger partial charge >= 0.3 is 33.9 Å². The van der Waals surface area contributed by atoms with Gasteiger partial charge < -0.3 is 11.0 Å². The van der Waals surface area contributed by atoms with Crippen molar-refractivity contribution in [2.24, 2.45) is 0 Å². The Morgan fingerprint density at radius 3 is 1.40 bits per heavy atom. The van der Waals surface area contributed by atoms with E-state index in [-0.39, 0.29) is 11.0 Å². The predicted molar refractivity (Wildman–Crippen MR) is 23.5 cm³/mol. The van der Waals surface area contributed by atoms with Gasteiger partial charge in [-0.2, -0.15) is 0 Å². The van der Waals surface area contributed by atoms with Gasteiger partial charge in [0, 0.05) is 0 Å². The van der Waals surface area contributed by atoms with Gasteiger partial charge in [0.05, 0.1) is 0 Å². The third-order valence-corrected chi connectivity index (χ3v) is 0. The largest absolute Gasteiger partial charge is 0.412 e. The van der Waals surface area contributed by atoms with Crippen LogP contribution in [0, 0.1) is 0 Å². The van der Waals surface area contributed by atoms with Crippen molar-refractivity contribution < 1.29 is 11.0 Å². The molecule has 0 aliphatic heterocycles. The summed E-state index contributed by atoms with van der Waals surface area (Å²) in [4.78, 5) is 0. The molecule has 0 aromatic heterocycles. The fraction of sp³-hybridized carbons (Fsp3) is 1.00. The molecule has 0 saturated heterocycles. The van der Waals surface area contributed by atoms with Crippen molar-refractivity contribution in [3.05, 3.63) is 0 Å². The Hall–Kier alpha value is 0.719. The standard InChI is InChI=1S/C2H5.2H2O.Sn/c1-2;;;/h1H2,2H3;2*1H2;. The molecular formula is C2H9O2Sn. The summed E-state index contributed by atoms with van der Waals surface area (Å²) in [6, 6.07) is 0. The minimum atomic E-state index is 0. The third-order valence-electron chi connectivity index (χ3n) is 0. The summed E-state index contributed by atoms with van der Waals surface area (Å²) in [5.74, 6) is 0. The second-order valence-electron chi connectivity index (χ2n) is 0.354. The zero-order chi connectivity index (χ0) is 2.71. The Morgan fingerprint density at radius 1 is 1.40 bits per heavy atom. The van der Waals surface area contributed by atoms with Crippen molar-refractivity contribution in [2.45, 2.75) is 11.4 Å². The van der Waals surface area contributed by atoms with Gasteiger partial charge in [0.2, 0.25) is 0 Å². The van der Waals surface area contributed by atoms with E-state index in [0.29, 0.717) is 0 Å². The molecule has 0 amide bonds. The van der Waals surface area contributed by atoms with Gasteiger partial charge in [-0.05, 0) is 0 Å². The minimum absolute atomic E-state index is 0. The molecule has 0 saturated carbocycles. The molecule has 0 unspecified atom stereocenters. The van der Waals surface area contributed by atoms with Gasteiger partial charge in [0.25, 0.3) is 0 Å². The number of hydrogen-bond donors (Lipinski definition) is 0. The topological polar surface area (TPSA) is 63.0 Å². The van der Waals surface area contributed by atoms with Gasteiger partial charge in [-0.3, -0.25) is 0 Å². The van der Waals surface area contributed by atoms with Gasteiger partial charge in [0.15, 0.2) is 0 Å². The van der Waals surface area contributed by atoms with E-state index < -0.39 is 0 Å². The maximum absolute atomic E-state index is 2.16. The molecule has 0 rings (SSSR count). The Bertz CT molecular complexity index is 7.61. The van der Waals surface area contributed by atoms with E-state index >= 15 is 0 Å². The molecule has 5 heavy (non-hydrogen) atoms. The van der Waals surface area contributed by atoms with Crippen LogP contribution in [0.2, 0.25) is 4.44 Å². The van der Waals surface area contributed by atoms with E-state index in [1.165, 1.54) is 4.44 Å². The summed E-state index contributed by atoms with van der Waals surface area (Å²) in [5.41, 5.74) is 0. The number of rotatable bonds is 0. The third kappa shape index (κ3) is 67.5. The Kier molecular flexibility index (Phi) is 76.1. The van der Waals surface area contributed by atoms with Crippen LogP contribution in [0.15, 0.2) is 0 Å². The van der Waals surface area contributed by atoms with Crippen LogP contribution < -0.4 is 0 Å². The Labute approximate surface area is 45.3 Å². The van der Waals surface area contributed by atoms with E-state index in [9.17, 15) is 0 Å². The zero-order valence-electron chi connectivity index (χ0n) is 3.21. The predicted octanol–water partition coefficient (Wildman–Crippen LogP) is -1.06. The smallest absolute Gasteiger partial charge is 0.412 e. The van der Waals surface area contributed by atoms with Crippen molar-refractivity contribution >= 4 is 22.5 Å². The molecular weight excluding hydrogens is 175 g/mol. The quantitative estimate of drug-likeness (QED) is 0.431. The average molecular weight is 184 g/mol. The van der Waals surface area contributed by atoms with Crippen LogP contribution in [0.1, 0.15) is 6.92 Å². The van der Waals surface area contributed by atoms with E-state index in [1.54, 1.807) is 22.5 Å². The van der Waals surface area contributed by atoms with E-state index in [0.717, 1.165) is 0 Å². The van der Waals surface area contributed by atoms with Crippen molar-refractivity contribution in [1.82, 2.24) is 0 Å². The monoisotopic (exact) mass is 185 g/mol. The van der Waals surface area contributed by atoms with E-state index in [4.69, 9.17) is 0 Å². The fourth-order valence-electron chi connectivity index (χ4n) is 0. The summed E-state index contributed by atoms with van der Waals surface area (Å²) in [5, 5.41) is 0. The van der Waals surface area contributed by atoms with Gasteiger partial charge in [-0.1, -0.05) is 0 Å².